The van der Waals surface area contributed by atoms with Crippen molar-refractivity contribution in [3.63, 3.8) is 0 Å². The Bertz CT molecular complexity index is 1320. The monoisotopic (exact) mass is 544 g/mol. The Labute approximate surface area is 222 Å². The third-order valence-electron chi connectivity index (χ3n) is 7.49. The summed E-state index contributed by atoms with van der Waals surface area (Å²) < 4.78 is 53.4. The summed E-state index contributed by atoms with van der Waals surface area (Å²) in [6.07, 6.45) is 3.64. The number of halogens is 3. The van der Waals surface area contributed by atoms with Crippen molar-refractivity contribution < 1.29 is 17.2 Å². The minimum Gasteiger partial charge on any atom is -0.299 e. The lowest BCUT2D eigenvalue weighted by Crippen LogP contribution is -2.52. The average molecular weight is 545 g/mol. The van der Waals surface area contributed by atoms with Gasteiger partial charge >= 0.3 is 0 Å². The minimum atomic E-state index is -3.59. The first-order valence-electron chi connectivity index (χ1n) is 12.6. The lowest BCUT2D eigenvalue weighted by molar-refractivity contribution is 0.0654. The van der Waals surface area contributed by atoms with E-state index in [1.54, 1.807) is 0 Å². The molecule has 0 spiro atoms. The molecule has 0 aliphatic carbocycles. The fourth-order valence-electron chi connectivity index (χ4n) is 5.82. The van der Waals surface area contributed by atoms with Gasteiger partial charge in [-0.3, -0.25) is 9.80 Å². The third kappa shape index (κ3) is 6.06. The second-order valence-electron chi connectivity index (χ2n) is 10.3. The number of nitrogens with zero attached hydrogens (tertiary/aromatic N) is 2. The van der Waals surface area contributed by atoms with Crippen LogP contribution in [0.4, 0.5) is 8.78 Å². The Morgan fingerprint density at radius 1 is 0.865 bits per heavy atom. The Morgan fingerprint density at radius 2 is 1.41 bits per heavy atom. The molecule has 0 bridgehead atoms. The predicted octanol–water partition coefficient (Wildman–Crippen LogP) is 6.02. The Kier molecular flexibility index (Phi) is 7.68. The predicted molar refractivity (Wildman–Crippen MR) is 143 cm³/mol. The third-order valence-corrected chi connectivity index (χ3v) is 9.32. The van der Waals surface area contributed by atoms with Gasteiger partial charge in [0.25, 0.3) is 0 Å². The molecule has 8 heteroatoms. The molecule has 0 amide bonds. The van der Waals surface area contributed by atoms with E-state index in [0.717, 1.165) is 55.2 Å². The van der Waals surface area contributed by atoms with E-state index in [9.17, 15) is 17.2 Å². The van der Waals surface area contributed by atoms with Gasteiger partial charge in [-0.15, -0.1) is 0 Å². The minimum absolute atomic E-state index is 0.0844. The number of rotatable bonds is 8. The number of hydrogen-bond acceptors (Lipinski definition) is 4. The molecule has 0 unspecified atom stereocenters. The van der Waals surface area contributed by atoms with Gasteiger partial charge in [0.15, 0.2) is 9.84 Å². The molecule has 3 aromatic carbocycles. The van der Waals surface area contributed by atoms with Gasteiger partial charge in [-0.05, 0) is 72.5 Å². The van der Waals surface area contributed by atoms with Crippen LogP contribution in [0.2, 0.25) is 5.02 Å². The van der Waals surface area contributed by atoms with Crippen molar-refractivity contribution in [1.29, 1.82) is 0 Å². The van der Waals surface area contributed by atoms with E-state index in [1.165, 1.54) is 18.4 Å². The lowest BCUT2D eigenvalue weighted by atomic mass is 9.86. The number of benzene rings is 3. The van der Waals surface area contributed by atoms with Gasteiger partial charge in [-0.1, -0.05) is 48.0 Å². The highest BCUT2D eigenvalue weighted by Crippen LogP contribution is 2.42. The summed E-state index contributed by atoms with van der Waals surface area (Å²) in [6.45, 7) is 4.19. The van der Waals surface area contributed by atoms with E-state index in [0.29, 0.717) is 18.1 Å². The second kappa shape index (κ2) is 10.8. The fraction of sp³-hybridized carbons (Fsp3) is 0.379. The van der Waals surface area contributed by atoms with Gasteiger partial charge < -0.3 is 0 Å². The van der Waals surface area contributed by atoms with Crippen molar-refractivity contribution in [1.82, 2.24) is 9.80 Å². The highest BCUT2D eigenvalue weighted by Gasteiger charge is 2.43. The van der Waals surface area contributed by atoms with Gasteiger partial charge in [-0.25, -0.2) is 17.2 Å². The van der Waals surface area contributed by atoms with E-state index in [1.807, 2.05) is 24.3 Å². The van der Waals surface area contributed by atoms with Crippen LogP contribution in [-0.4, -0.2) is 50.7 Å². The largest absolute Gasteiger partial charge is 0.299 e. The first kappa shape index (κ1) is 26.3. The smallest absolute Gasteiger partial charge is 0.154 e. The van der Waals surface area contributed by atoms with Crippen molar-refractivity contribution in [2.45, 2.75) is 30.7 Å². The molecule has 4 nitrogen and oxygen atoms in total. The molecular weight excluding hydrogens is 514 g/mol. The molecule has 5 rings (SSSR count). The van der Waals surface area contributed by atoms with Crippen LogP contribution in [0.3, 0.4) is 0 Å². The van der Waals surface area contributed by atoms with Gasteiger partial charge in [0.2, 0.25) is 0 Å². The van der Waals surface area contributed by atoms with E-state index in [-0.39, 0.29) is 17.5 Å². The first-order chi connectivity index (χ1) is 17.7. The zero-order valence-corrected chi connectivity index (χ0v) is 22.4. The van der Waals surface area contributed by atoms with Crippen LogP contribution in [0.25, 0.3) is 0 Å². The van der Waals surface area contributed by atoms with Crippen molar-refractivity contribution in [2.24, 2.45) is 5.92 Å². The van der Waals surface area contributed by atoms with E-state index >= 15 is 0 Å². The summed E-state index contributed by atoms with van der Waals surface area (Å²) in [4.78, 5) is 4.68. The topological polar surface area (TPSA) is 40.6 Å². The van der Waals surface area contributed by atoms with Gasteiger partial charge in [0.1, 0.15) is 11.6 Å². The molecule has 0 radical (unpaired) electrons. The van der Waals surface area contributed by atoms with Crippen molar-refractivity contribution in [3.8, 4) is 0 Å². The summed E-state index contributed by atoms with van der Waals surface area (Å²) in [7, 11) is -3.59. The van der Waals surface area contributed by atoms with Crippen LogP contribution in [0.1, 0.15) is 46.4 Å². The van der Waals surface area contributed by atoms with Crippen LogP contribution in [-0.2, 0) is 16.4 Å². The molecule has 0 saturated carbocycles. The quantitative estimate of drug-likeness (QED) is 0.348. The number of hydrogen-bond donors (Lipinski definition) is 0. The van der Waals surface area contributed by atoms with E-state index in [2.05, 4.69) is 34.1 Å². The molecular formula is C29H31ClF2N2O2S. The summed E-state index contributed by atoms with van der Waals surface area (Å²) >= 11 is 6.15. The summed E-state index contributed by atoms with van der Waals surface area (Å²) in [6, 6.07) is 19.3. The zero-order valence-electron chi connectivity index (χ0n) is 20.8. The molecule has 2 saturated heterocycles. The molecule has 2 aliphatic heterocycles. The van der Waals surface area contributed by atoms with Crippen LogP contribution in [0.15, 0.2) is 66.7 Å². The van der Waals surface area contributed by atoms with Crippen molar-refractivity contribution in [3.05, 3.63) is 106 Å². The van der Waals surface area contributed by atoms with Crippen LogP contribution in [0, 0.1) is 17.6 Å². The standard InChI is InChI=1S/C29H31ClF2N2O2S/c1-37(35,36)29(23-14-26(31)16-27(32)15-23)24-18-34(19-24)28(22-8-10-25(30)11-9-22)21-6-4-20(5-7-21)17-33-12-2-3-13-33/h4-11,14-16,24,28-29H,2-3,12-13,17-19H2,1H3/t28-,29+/m1/s1. The Balaban J connectivity index is 1.40. The molecule has 0 N–H and O–H groups in total. The summed E-state index contributed by atoms with van der Waals surface area (Å²) in [5.41, 5.74) is 3.60. The first-order valence-corrected chi connectivity index (χ1v) is 15.0. The maximum Gasteiger partial charge on any atom is 0.154 e. The van der Waals surface area contributed by atoms with E-state index < -0.39 is 26.7 Å². The number of likely N-dealkylation sites (tertiary alicyclic amines) is 2. The zero-order chi connectivity index (χ0) is 26.2. The molecule has 2 fully saturated rings. The SMILES string of the molecule is CS(=O)(=O)[C@@H](c1cc(F)cc(F)c1)C1CN([C@@H](c2ccc(Cl)cc2)c2ccc(CN3CCCC3)cc2)C1. The fourth-order valence-corrected chi connectivity index (χ4v) is 7.45. The molecule has 2 atom stereocenters. The van der Waals surface area contributed by atoms with Gasteiger partial charge in [-0.2, -0.15) is 0 Å². The van der Waals surface area contributed by atoms with Crippen molar-refractivity contribution in [2.75, 3.05) is 32.4 Å². The average Bonchev–Trinajstić information content (AvgIpc) is 3.31. The highest BCUT2D eigenvalue weighted by molar-refractivity contribution is 7.90. The van der Waals surface area contributed by atoms with Crippen molar-refractivity contribution >= 4 is 21.4 Å². The Hall–Kier alpha value is -2.32. The second-order valence-corrected chi connectivity index (χ2v) is 12.9. The molecule has 2 heterocycles. The molecule has 37 heavy (non-hydrogen) atoms. The maximum atomic E-state index is 13.9. The Morgan fingerprint density at radius 3 is 1.95 bits per heavy atom. The van der Waals surface area contributed by atoms with E-state index in [4.69, 9.17) is 11.6 Å². The normalized spacial score (nSPS) is 19.0. The highest BCUT2D eigenvalue weighted by atomic mass is 35.5. The van der Waals surface area contributed by atoms with Gasteiger partial charge in [0.05, 0.1) is 11.3 Å². The summed E-state index contributed by atoms with van der Waals surface area (Å²) in [5, 5.41) is -0.321. The van der Waals surface area contributed by atoms with Crippen LogP contribution < -0.4 is 0 Å². The maximum absolute atomic E-state index is 13.9. The molecule has 3 aromatic rings. The lowest BCUT2D eigenvalue weighted by Gasteiger charge is -2.47. The molecule has 2 aliphatic rings. The van der Waals surface area contributed by atoms with Crippen LogP contribution >= 0.6 is 11.6 Å². The molecule has 196 valence electrons. The molecule has 0 aromatic heterocycles. The van der Waals surface area contributed by atoms with Gasteiger partial charge in [0, 0.05) is 42.9 Å². The number of sulfone groups is 1. The summed E-state index contributed by atoms with van der Waals surface area (Å²) in [5.74, 6) is -1.82. The van der Waals surface area contributed by atoms with Crippen LogP contribution in [0.5, 0.6) is 0 Å².